The lowest BCUT2D eigenvalue weighted by atomic mass is 9.90. The molecule has 0 radical (unpaired) electrons. The summed E-state index contributed by atoms with van der Waals surface area (Å²) >= 11 is 0. The van der Waals surface area contributed by atoms with Crippen molar-refractivity contribution in [1.29, 1.82) is 0 Å². The maximum atomic E-state index is 5.71. The summed E-state index contributed by atoms with van der Waals surface area (Å²) in [6.07, 6.45) is 13.4. The SMILES string of the molecule is C=CCn1ccnc1CN(CCCCN)[C@H]1CCCc2cccnc21. The molecule has 2 heterocycles. The van der Waals surface area contributed by atoms with Gasteiger partial charge in [-0.15, -0.1) is 6.58 Å². The Morgan fingerprint density at radius 1 is 1.32 bits per heavy atom. The molecule has 1 aliphatic carbocycles. The van der Waals surface area contributed by atoms with Crippen molar-refractivity contribution in [3.8, 4) is 0 Å². The van der Waals surface area contributed by atoms with Crippen molar-refractivity contribution >= 4 is 0 Å². The highest BCUT2D eigenvalue weighted by molar-refractivity contribution is 5.25. The molecule has 1 atom stereocenters. The van der Waals surface area contributed by atoms with E-state index >= 15 is 0 Å². The van der Waals surface area contributed by atoms with E-state index in [1.165, 1.54) is 17.7 Å². The van der Waals surface area contributed by atoms with Gasteiger partial charge in [-0.2, -0.15) is 0 Å². The van der Waals surface area contributed by atoms with Crippen LogP contribution in [0, 0.1) is 0 Å². The summed E-state index contributed by atoms with van der Waals surface area (Å²) in [5, 5.41) is 0. The fourth-order valence-corrected chi connectivity index (χ4v) is 3.72. The molecule has 2 aromatic heterocycles. The van der Waals surface area contributed by atoms with Crippen molar-refractivity contribution < 1.29 is 0 Å². The minimum atomic E-state index is 0.372. The largest absolute Gasteiger partial charge is 0.330 e. The topological polar surface area (TPSA) is 60.0 Å². The highest BCUT2D eigenvalue weighted by Crippen LogP contribution is 2.33. The number of pyridine rings is 1. The molecule has 0 spiro atoms. The Morgan fingerprint density at radius 3 is 3.08 bits per heavy atom. The number of nitrogens with zero attached hydrogens (tertiary/aromatic N) is 4. The third kappa shape index (κ3) is 4.35. The summed E-state index contributed by atoms with van der Waals surface area (Å²) in [6.45, 7) is 7.26. The zero-order valence-electron chi connectivity index (χ0n) is 15.0. The quantitative estimate of drug-likeness (QED) is 0.563. The molecule has 0 unspecified atom stereocenters. The number of aryl methyl sites for hydroxylation is 1. The van der Waals surface area contributed by atoms with Crippen molar-refractivity contribution in [2.24, 2.45) is 5.73 Å². The van der Waals surface area contributed by atoms with Crippen molar-refractivity contribution in [2.45, 2.75) is 51.2 Å². The van der Waals surface area contributed by atoms with Crippen molar-refractivity contribution in [3.05, 3.63) is 60.5 Å². The van der Waals surface area contributed by atoms with Crippen LogP contribution in [0.5, 0.6) is 0 Å². The van der Waals surface area contributed by atoms with Crippen LogP contribution in [-0.2, 0) is 19.5 Å². The number of aromatic nitrogens is 3. The molecular weight excluding hydrogens is 310 g/mol. The van der Waals surface area contributed by atoms with Crippen LogP contribution in [0.25, 0.3) is 0 Å². The van der Waals surface area contributed by atoms with Gasteiger partial charge in [-0.05, 0) is 56.8 Å². The second-order valence-corrected chi connectivity index (χ2v) is 6.71. The monoisotopic (exact) mass is 339 g/mol. The molecule has 2 aromatic rings. The molecule has 0 saturated heterocycles. The van der Waals surface area contributed by atoms with Gasteiger partial charge in [-0.1, -0.05) is 12.1 Å². The lowest BCUT2D eigenvalue weighted by Gasteiger charge is -2.35. The molecule has 1 aliphatic rings. The van der Waals surface area contributed by atoms with E-state index < -0.39 is 0 Å². The van der Waals surface area contributed by atoms with Gasteiger partial charge >= 0.3 is 0 Å². The lowest BCUT2D eigenvalue weighted by molar-refractivity contribution is 0.157. The fourth-order valence-electron chi connectivity index (χ4n) is 3.72. The van der Waals surface area contributed by atoms with Crippen LogP contribution in [0.2, 0.25) is 0 Å². The standard InChI is InChI=1S/C20H29N5/c1-2-13-24-15-12-22-19(24)16-25(14-4-3-10-21)18-9-5-7-17-8-6-11-23-20(17)18/h2,6,8,11-12,15,18H,1,3-5,7,9-10,13-14,16,21H2/t18-/m0/s1. The number of nitrogens with two attached hydrogens (primary N) is 1. The Balaban J connectivity index is 1.82. The van der Waals surface area contributed by atoms with Crippen LogP contribution in [0.3, 0.4) is 0 Å². The Hall–Kier alpha value is -1.98. The maximum Gasteiger partial charge on any atom is 0.123 e. The van der Waals surface area contributed by atoms with E-state index in [-0.39, 0.29) is 0 Å². The van der Waals surface area contributed by atoms with Crippen molar-refractivity contribution in [3.63, 3.8) is 0 Å². The summed E-state index contributed by atoms with van der Waals surface area (Å²) in [7, 11) is 0. The minimum absolute atomic E-state index is 0.372. The number of imidazole rings is 1. The summed E-state index contributed by atoms with van der Waals surface area (Å²) in [5.41, 5.74) is 8.36. The van der Waals surface area contributed by atoms with Crippen LogP contribution in [0.15, 0.2) is 43.4 Å². The Bertz CT molecular complexity index is 678. The van der Waals surface area contributed by atoms with Gasteiger partial charge in [0.25, 0.3) is 0 Å². The highest BCUT2D eigenvalue weighted by Gasteiger charge is 2.27. The predicted molar refractivity (Wildman–Crippen MR) is 101 cm³/mol. The van der Waals surface area contributed by atoms with E-state index in [9.17, 15) is 0 Å². The van der Waals surface area contributed by atoms with Gasteiger partial charge in [0.2, 0.25) is 0 Å². The maximum absolute atomic E-state index is 5.71. The molecule has 0 amide bonds. The van der Waals surface area contributed by atoms with Gasteiger partial charge in [0, 0.05) is 25.1 Å². The Kier molecular flexibility index (Phi) is 6.36. The number of hydrogen-bond acceptors (Lipinski definition) is 4. The van der Waals surface area contributed by atoms with Crippen LogP contribution in [0.4, 0.5) is 0 Å². The Labute approximate surface area is 150 Å². The normalized spacial score (nSPS) is 16.8. The van der Waals surface area contributed by atoms with Gasteiger partial charge in [0.1, 0.15) is 5.82 Å². The molecule has 25 heavy (non-hydrogen) atoms. The first-order chi connectivity index (χ1) is 12.3. The van der Waals surface area contributed by atoms with Gasteiger partial charge in [0.15, 0.2) is 0 Å². The first-order valence-corrected chi connectivity index (χ1v) is 9.32. The average molecular weight is 339 g/mol. The van der Waals surface area contributed by atoms with E-state index in [1.807, 2.05) is 24.7 Å². The highest BCUT2D eigenvalue weighted by atomic mass is 15.2. The summed E-state index contributed by atoms with van der Waals surface area (Å²) < 4.78 is 2.17. The molecule has 5 nitrogen and oxygen atoms in total. The minimum Gasteiger partial charge on any atom is -0.330 e. The van der Waals surface area contributed by atoms with Gasteiger partial charge in [0.05, 0.1) is 18.3 Å². The van der Waals surface area contributed by atoms with Crippen LogP contribution in [-0.4, -0.2) is 32.5 Å². The second kappa shape index (κ2) is 8.92. The molecule has 0 saturated carbocycles. The molecule has 2 N–H and O–H groups in total. The van der Waals surface area contributed by atoms with E-state index in [0.717, 1.165) is 57.7 Å². The molecule has 0 aliphatic heterocycles. The first-order valence-electron chi connectivity index (χ1n) is 9.32. The molecule has 134 valence electrons. The van der Waals surface area contributed by atoms with E-state index in [2.05, 4.69) is 33.2 Å². The van der Waals surface area contributed by atoms with Crippen LogP contribution < -0.4 is 5.73 Å². The van der Waals surface area contributed by atoms with E-state index in [0.29, 0.717) is 6.04 Å². The van der Waals surface area contributed by atoms with Crippen molar-refractivity contribution in [1.82, 2.24) is 19.4 Å². The summed E-state index contributed by atoms with van der Waals surface area (Å²) in [5.74, 6) is 1.09. The third-order valence-corrected chi connectivity index (χ3v) is 4.98. The smallest absolute Gasteiger partial charge is 0.123 e. The molecule has 0 aromatic carbocycles. The van der Waals surface area contributed by atoms with Gasteiger partial charge < -0.3 is 10.3 Å². The fraction of sp³-hybridized carbons (Fsp3) is 0.500. The summed E-state index contributed by atoms with van der Waals surface area (Å²) in [6, 6.07) is 4.65. The molecular formula is C20H29N5. The first kappa shape index (κ1) is 17.8. The number of fused-ring (bicyclic) bond motifs is 1. The van der Waals surface area contributed by atoms with E-state index in [1.54, 1.807) is 0 Å². The number of allylic oxidation sites excluding steroid dienone is 1. The predicted octanol–water partition coefficient (Wildman–Crippen LogP) is 3.08. The van der Waals surface area contributed by atoms with Gasteiger partial charge in [-0.25, -0.2) is 4.98 Å². The molecule has 3 rings (SSSR count). The number of hydrogen-bond donors (Lipinski definition) is 1. The average Bonchev–Trinajstić information content (AvgIpc) is 3.08. The molecule has 5 heteroatoms. The Morgan fingerprint density at radius 2 is 2.24 bits per heavy atom. The summed E-state index contributed by atoms with van der Waals surface area (Å²) in [4.78, 5) is 11.9. The van der Waals surface area contributed by atoms with Crippen LogP contribution >= 0.6 is 0 Å². The molecule has 0 bridgehead atoms. The molecule has 0 fully saturated rings. The zero-order chi connectivity index (χ0) is 17.5. The number of unbranched alkanes of at least 4 members (excludes halogenated alkanes) is 1. The lowest BCUT2D eigenvalue weighted by Crippen LogP contribution is -2.33. The zero-order valence-corrected chi connectivity index (χ0v) is 15.0. The van der Waals surface area contributed by atoms with Gasteiger partial charge in [-0.3, -0.25) is 9.88 Å². The van der Waals surface area contributed by atoms with Crippen molar-refractivity contribution in [2.75, 3.05) is 13.1 Å². The van der Waals surface area contributed by atoms with E-state index in [4.69, 9.17) is 10.7 Å². The third-order valence-electron chi connectivity index (χ3n) is 4.98. The van der Waals surface area contributed by atoms with Crippen LogP contribution in [0.1, 0.15) is 48.8 Å². The number of rotatable bonds is 9. The second-order valence-electron chi connectivity index (χ2n) is 6.71.